The minimum Gasteiger partial charge on any atom is -0.457 e. The van der Waals surface area contributed by atoms with Gasteiger partial charge in [-0.2, -0.15) is 0 Å². The SMILES string of the molecule is CC(C)(O)c1cn(-c2ccc(-c3cc(F)c(COC(=O)/C=C/C(=O)OCc4c(F)cc(-c5ccc(-n6cc(C(C)(C)O)nc6C(C)(C)c6c(Cl)cccc6Cl)c(F)c5)cc4S(C)(=O)=O)c(S(C)(=O)=O)c3)cc2F)c(C(C)(C)c2c(Cl)cccc2Cl)n1. The molecule has 0 aliphatic rings. The van der Waals surface area contributed by atoms with Crippen LogP contribution in [0.4, 0.5) is 17.6 Å². The molecule has 8 rings (SSSR count). The molecule has 0 unspecified atom stereocenters. The minimum absolute atomic E-state index is 0.0428. The summed E-state index contributed by atoms with van der Waals surface area (Å²) < 4.78 is 130. The second-order valence-electron chi connectivity index (χ2n) is 22.5. The predicted octanol–water partition coefficient (Wildman–Crippen LogP) is 13.8. The molecule has 0 atom stereocenters. The second-order valence-corrected chi connectivity index (χ2v) is 28.1. The number of aliphatic hydroxyl groups is 2. The molecule has 0 radical (unpaired) electrons. The van der Waals surface area contributed by atoms with Gasteiger partial charge in [0.05, 0.1) is 43.4 Å². The molecule has 0 amide bonds. The lowest BCUT2D eigenvalue weighted by Gasteiger charge is -2.28. The van der Waals surface area contributed by atoms with Gasteiger partial charge in [-0.05, 0) is 150 Å². The van der Waals surface area contributed by atoms with Crippen molar-refractivity contribution in [2.45, 2.75) is 100 Å². The number of nitrogens with zero attached hydrogens (tertiary/aromatic N) is 4. The third kappa shape index (κ3) is 13.5. The first-order chi connectivity index (χ1) is 39.8. The third-order valence-electron chi connectivity index (χ3n) is 14.2. The molecular formula is C62H56Cl4F4N4O10S2. The number of imidazole rings is 2. The van der Waals surface area contributed by atoms with Gasteiger partial charge >= 0.3 is 11.9 Å². The highest BCUT2D eigenvalue weighted by molar-refractivity contribution is 7.91. The maximum absolute atomic E-state index is 16.4. The number of sulfone groups is 2. The number of carbonyl (C=O) groups excluding carboxylic acids is 2. The number of rotatable bonds is 18. The summed E-state index contributed by atoms with van der Waals surface area (Å²) >= 11 is 26.5. The normalized spacial score (nSPS) is 12.7. The Kier molecular flexibility index (Phi) is 18.2. The first-order valence-electron chi connectivity index (χ1n) is 26.0. The van der Waals surface area contributed by atoms with Crippen LogP contribution in [0.3, 0.4) is 0 Å². The molecule has 452 valence electrons. The number of halogens is 8. The average Bonchev–Trinajstić information content (AvgIpc) is 1.57. The summed E-state index contributed by atoms with van der Waals surface area (Å²) in [6.07, 6.45) is 5.59. The van der Waals surface area contributed by atoms with Crippen molar-refractivity contribution in [2.75, 3.05) is 12.5 Å². The number of benzene rings is 6. The summed E-state index contributed by atoms with van der Waals surface area (Å²) in [5.41, 5.74) is -5.05. The number of esters is 2. The largest absolute Gasteiger partial charge is 0.457 e. The molecule has 86 heavy (non-hydrogen) atoms. The molecule has 2 heterocycles. The fourth-order valence-electron chi connectivity index (χ4n) is 9.79. The standard InChI is InChI=1S/C62H56Cl4F4N4O10S2/c1-59(2,55-39(63)13-11-14-40(55)64)57-71-51(61(5,6)77)29-73(57)47-19-17-33(23-45(47)69)35-25-43(67)37(49(27-35)85(9,79)80)31-83-53(75)21-22-54(76)84-32-38-44(68)26-36(28-50(38)86(10,81)82)34-18-20-48(46(70)24-34)74-30-52(62(7,8)78)72-58(74)60(3,4)56-41(65)15-12-16-42(56)66/h11-30,77-78H,31-32H2,1-10H3/b22-21+. The minimum atomic E-state index is -4.27. The molecule has 0 aliphatic heterocycles. The number of hydrogen-bond acceptors (Lipinski definition) is 12. The average molecular weight is 1300 g/mol. The number of ether oxygens (including phenoxy) is 2. The monoisotopic (exact) mass is 1300 g/mol. The van der Waals surface area contributed by atoms with Gasteiger partial charge in [0.2, 0.25) is 0 Å². The molecule has 0 bridgehead atoms. The van der Waals surface area contributed by atoms with Gasteiger partial charge < -0.3 is 19.7 Å². The lowest BCUT2D eigenvalue weighted by Crippen LogP contribution is -2.25. The van der Waals surface area contributed by atoms with Crippen LogP contribution in [0, 0.1) is 23.3 Å². The summed E-state index contributed by atoms with van der Waals surface area (Å²) in [4.78, 5) is 33.9. The molecule has 6 aromatic carbocycles. The fraction of sp³-hybridized carbons (Fsp3) is 0.258. The number of carbonyl (C=O) groups is 2. The summed E-state index contributed by atoms with van der Waals surface area (Å²) in [5.74, 6) is -6.07. The zero-order valence-electron chi connectivity index (χ0n) is 47.8. The third-order valence-corrected chi connectivity index (χ3v) is 17.8. The first-order valence-corrected chi connectivity index (χ1v) is 31.3. The second kappa shape index (κ2) is 24.0. The van der Waals surface area contributed by atoms with Crippen LogP contribution in [0.5, 0.6) is 0 Å². The summed E-state index contributed by atoms with van der Waals surface area (Å²) in [7, 11) is -8.55. The summed E-state index contributed by atoms with van der Waals surface area (Å²) in [6.45, 7) is 11.2. The smallest absolute Gasteiger partial charge is 0.331 e. The van der Waals surface area contributed by atoms with Crippen molar-refractivity contribution in [3.05, 3.63) is 210 Å². The van der Waals surface area contributed by atoms with E-state index in [1.165, 1.54) is 73.5 Å². The van der Waals surface area contributed by atoms with E-state index in [4.69, 9.17) is 65.8 Å². The maximum atomic E-state index is 16.4. The van der Waals surface area contributed by atoms with Gasteiger partial charge in [-0.1, -0.05) is 70.7 Å². The molecule has 0 fully saturated rings. The van der Waals surface area contributed by atoms with Crippen LogP contribution in [0.1, 0.15) is 101 Å². The highest BCUT2D eigenvalue weighted by atomic mass is 35.5. The van der Waals surface area contributed by atoms with E-state index >= 15 is 17.6 Å². The zero-order chi connectivity index (χ0) is 63.6. The van der Waals surface area contributed by atoms with E-state index in [-0.39, 0.29) is 56.7 Å². The lowest BCUT2D eigenvalue weighted by atomic mass is 9.83. The Balaban J connectivity index is 0.981. The molecule has 0 spiro atoms. The molecule has 0 aliphatic carbocycles. The van der Waals surface area contributed by atoms with E-state index in [1.807, 2.05) is 0 Å². The Morgan fingerprint density at radius 1 is 0.512 bits per heavy atom. The number of hydrogen-bond donors (Lipinski definition) is 2. The maximum Gasteiger partial charge on any atom is 0.331 e. The Morgan fingerprint density at radius 2 is 0.826 bits per heavy atom. The topological polar surface area (TPSA) is 197 Å². The van der Waals surface area contributed by atoms with Gasteiger partial charge in [-0.25, -0.2) is 54.0 Å². The van der Waals surface area contributed by atoms with Gasteiger partial charge in [0, 0.05) is 79.4 Å². The first kappa shape index (κ1) is 65.1. The number of aromatic nitrogens is 4. The van der Waals surface area contributed by atoms with Crippen LogP contribution in [-0.2, 0) is 74.0 Å². The molecule has 0 saturated heterocycles. The van der Waals surface area contributed by atoms with Gasteiger partial charge in [0.1, 0.15) is 59.3 Å². The van der Waals surface area contributed by atoms with Gasteiger partial charge in [0.15, 0.2) is 19.7 Å². The molecule has 14 nitrogen and oxygen atoms in total. The molecule has 2 N–H and O–H groups in total. The van der Waals surface area contributed by atoms with Crippen LogP contribution < -0.4 is 0 Å². The molecular weight excluding hydrogens is 1240 g/mol. The Hall–Kier alpha value is -6.88. The van der Waals surface area contributed by atoms with Crippen molar-refractivity contribution < 1.29 is 63.7 Å². The van der Waals surface area contributed by atoms with E-state index < -0.39 is 111 Å². The Labute approximate surface area is 514 Å². The van der Waals surface area contributed by atoms with Gasteiger partial charge in [-0.15, -0.1) is 0 Å². The van der Waals surface area contributed by atoms with Crippen molar-refractivity contribution in [1.82, 2.24) is 19.1 Å². The van der Waals surface area contributed by atoms with E-state index in [1.54, 1.807) is 64.1 Å². The molecule has 24 heteroatoms. The fourth-order valence-corrected chi connectivity index (χ4v) is 13.4. The van der Waals surface area contributed by atoms with Crippen molar-refractivity contribution in [1.29, 1.82) is 0 Å². The van der Waals surface area contributed by atoms with Crippen molar-refractivity contribution in [3.8, 4) is 33.6 Å². The zero-order valence-corrected chi connectivity index (χ0v) is 52.4. The Bertz CT molecular complexity index is 4010. The van der Waals surface area contributed by atoms with Crippen LogP contribution in [0.15, 0.2) is 131 Å². The summed E-state index contributed by atoms with van der Waals surface area (Å²) in [6, 6.07) is 21.5. The molecule has 0 saturated carbocycles. The quantitative estimate of drug-likeness (QED) is 0.0469. The van der Waals surface area contributed by atoms with E-state index in [2.05, 4.69) is 0 Å². The van der Waals surface area contributed by atoms with Crippen LogP contribution in [0.25, 0.3) is 33.6 Å². The van der Waals surface area contributed by atoms with Crippen molar-refractivity contribution >= 4 is 78.0 Å². The summed E-state index contributed by atoms with van der Waals surface area (Å²) in [5, 5.41) is 23.2. The highest BCUT2D eigenvalue weighted by Crippen LogP contribution is 2.44. The highest BCUT2D eigenvalue weighted by Gasteiger charge is 2.38. The van der Waals surface area contributed by atoms with Gasteiger partial charge in [-0.3, -0.25) is 9.13 Å². The van der Waals surface area contributed by atoms with Crippen molar-refractivity contribution in [2.24, 2.45) is 0 Å². The van der Waals surface area contributed by atoms with Crippen LogP contribution in [0.2, 0.25) is 20.1 Å². The van der Waals surface area contributed by atoms with E-state index in [0.717, 1.165) is 48.9 Å². The molecule has 2 aromatic heterocycles. The Morgan fingerprint density at radius 3 is 1.12 bits per heavy atom. The lowest BCUT2D eigenvalue weighted by molar-refractivity contribution is -0.141. The van der Waals surface area contributed by atoms with E-state index in [0.29, 0.717) is 43.4 Å². The van der Waals surface area contributed by atoms with Crippen LogP contribution >= 0.6 is 46.4 Å². The van der Waals surface area contributed by atoms with Crippen molar-refractivity contribution in [3.63, 3.8) is 0 Å². The predicted molar refractivity (Wildman–Crippen MR) is 320 cm³/mol. The van der Waals surface area contributed by atoms with Gasteiger partial charge in [0.25, 0.3) is 0 Å². The van der Waals surface area contributed by atoms with Crippen LogP contribution in [-0.4, -0.2) is 70.6 Å². The molecule has 8 aromatic rings. The van der Waals surface area contributed by atoms with E-state index in [9.17, 15) is 36.6 Å².